The van der Waals surface area contributed by atoms with Crippen LogP contribution in [0.3, 0.4) is 0 Å². The molecule has 1 amide bonds. The highest BCUT2D eigenvalue weighted by atomic mass is 16.5. The number of aryl methyl sites for hydroxylation is 2. The second-order valence-electron chi connectivity index (χ2n) is 6.84. The summed E-state index contributed by atoms with van der Waals surface area (Å²) in [5.41, 5.74) is 5.96. The Morgan fingerprint density at radius 1 is 1.00 bits per heavy atom. The van der Waals surface area contributed by atoms with Crippen LogP contribution in [0, 0.1) is 13.8 Å². The van der Waals surface area contributed by atoms with Crippen LogP contribution in [0.1, 0.15) is 42.4 Å². The van der Waals surface area contributed by atoms with Crippen LogP contribution in [0.15, 0.2) is 60.8 Å². The van der Waals surface area contributed by atoms with Gasteiger partial charge in [0, 0.05) is 23.5 Å². The normalized spacial score (nSPS) is 10.4. The summed E-state index contributed by atoms with van der Waals surface area (Å²) in [7, 11) is 0. The van der Waals surface area contributed by atoms with Crippen molar-refractivity contribution in [3.63, 3.8) is 0 Å². The number of anilines is 1. The van der Waals surface area contributed by atoms with Crippen LogP contribution in [-0.2, 0) is 0 Å². The fourth-order valence-electron chi connectivity index (χ4n) is 3.12. The zero-order chi connectivity index (χ0) is 22.4. The van der Waals surface area contributed by atoms with Crippen LogP contribution in [0.5, 0.6) is 5.75 Å². The van der Waals surface area contributed by atoms with Gasteiger partial charge in [0.15, 0.2) is 11.3 Å². The summed E-state index contributed by atoms with van der Waals surface area (Å²) >= 11 is 0. The number of carbonyl (C=O) groups is 1. The minimum absolute atomic E-state index is 0.286. The first kappa shape index (κ1) is 22.0. The van der Waals surface area contributed by atoms with Gasteiger partial charge in [-0.1, -0.05) is 26.0 Å². The molecule has 31 heavy (non-hydrogen) atoms. The molecule has 2 aromatic heterocycles. The summed E-state index contributed by atoms with van der Waals surface area (Å²) in [4.78, 5) is 17.0. The molecule has 160 valence electrons. The molecule has 0 aliphatic rings. The molecule has 2 heterocycles. The molecule has 0 radical (unpaired) electrons. The Morgan fingerprint density at radius 2 is 1.74 bits per heavy atom. The molecule has 0 spiro atoms. The average molecular weight is 417 g/mol. The Balaban J connectivity index is 0.00000132. The van der Waals surface area contributed by atoms with Crippen LogP contribution >= 0.6 is 0 Å². The van der Waals surface area contributed by atoms with Gasteiger partial charge in [-0.15, -0.1) is 0 Å². The number of hydrogen-bond donors (Lipinski definition) is 1. The molecule has 6 heteroatoms. The fraction of sp³-hybridized carbons (Fsp3) is 0.240. The third-order valence-corrected chi connectivity index (χ3v) is 4.82. The molecule has 0 fully saturated rings. The molecule has 0 unspecified atom stereocenters. The van der Waals surface area contributed by atoms with Gasteiger partial charge in [0.05, 0.1) is 12.3 Å². The molecule has 0 saturated carbocycles. The third kappa shape index (κ3) is 4.91. The lowest BCUT2D eigenvalue weighted by atomic mass is 10.0. The molecular weight excluding hydrogens is 388 g/mol. The van der Waals surface area contributed by atoms with Gasteiger partial charge in [-0.3, -0.25) is 4.79 Å². The van der Waals surface area contributed by atoms with E-state index < -0.39 is 0 Å². The second kappa shape index (κ2) is 9.89. The Labute approximate surface area is 182 Å². The van der Waals surface area contributed by atoms with E-state index in [0.717, 1.165) is 17.0 Å². The zero-order valence-corrected chi connectivity index (χ0v) is 18.6. The number of rotatable bonds is 5. The first-order valence-corrected chi connectivity index (χ1v) is 10.5. The van der Waals surface area contributed by atoms with E-state index in [1.54, 1.807) is 28.9 Å². The minimum Gasteiger partial charge on any atom is -0.494 e. The number of aromatic nitrogens is 3. The molecule has 2 aromatic carbocycles. The number of carbonyl (C=O) groups excluding carboxylic acids is 1. The average Bonchev–Trinajstić information content (AvgIpc) is 3.23. The summed E-state index contributed by atoms with van der Waals surface area (Å²) in [6.07, 6.45) is 1.73. The Bertz CT molecular complexity index is 1180. The van der Waals surface area contributed by atoms with Crippen molar-refractivity contribution in [1.82, 2.24) is 14.6 Å². The molecule has 0 atom stereocenters. The Hall–Kier alpha value is -3.67. The van der Waals surface area contributed by atoms with E-state index in [0.29, 0.717) is 23.6 Å². The lowest BCUT2D eigenvalue weighted by Crippen LogP contribution is -2.12. The standard InChI is InChI=1S/C23H22N4O2.C2H6/c1-4-29-19-9-7-18(8-10-19)25-23(28)20-14-22-24-12-11-21(27(22)26-20)17-6-5-15(2)16(3)13-17;1-2/h5-14H,4H2,1-3H3,(H,25,28);1-2H3. The monoisotopic (exact) mass is 416 g/mol. The topological polar surface area (TPSA) is 68.5 Å². The van der Waals surface area contributed by atoms with Crippen molar-refractivity contribution in [1.29, 1.82) is 0 Å². The van der Waals surface area contributed by atoms with Gasteiger partial charge in [-0.2, -0.15) is 5.10 Å². The third-order valence-electron chi connectivity index (χ3n) is 4.82. The summed E-state index contributed by atoms with van der Waals surface area (Å²) in [5.74, 6) is 0.478. The van der Waals surface area contributed by atoms with Gasteiger partial charge in [-0.25, -0.2) is 9.50 Å². The lowest BCUT2D eigenvalue weighted by molar-refractivity contribution is 0.102. The van der Waals surface area contributed by atoms with Crippen LogP contribution in [-0.4, -0.2) is 27.1 Å². The molecule has 0 aliphatic carbocycles. The van der Waals surface area contributed by atoms with Crippen LogP contribution < -0.4 is 10.1 Å². The van der Waals surface area contributed by atoms with Gasteiger partial charge >= 0.3 is 0 Å². The summed E-state index contributed by atoms with van der Waals surface area (Å²) in [6, 6.07) is 17.1. The number of nitrogens with one attached hydrogen (secondary N) is 1. The molecule has 0 bridgehead atoms. The molecule has 4 aromatic rings. The van der Waals surface area contributed by atoms with E-state index in [1.165, 1.54) is 11.1 Å². The molecule has 6 nitrogen and oxygen atoms in total. The first-order chi connectivity index (χ1) is 15.0. The fourth-order valence-corrected chi connectivity index (χ4v) is 3.12. The molecule has 4 rings (SSSR count). The maximum absolute atomic E-state index is 12.7. The van der Waals surface area contributed by atoms with Crippen molar-refractivity contribution < 1.29 is 9.53 Å². The number of hydrogen-bond acceptors (Lipinski definition) is 4. The lowest BCUT2D eigenvalue weighted by Gasteiger charge is -2.07. The minimum atomic E-state index is -0.286. The number of benzene rings is 2. The predicted octanol–water partition coefficient (Wildman–Crippen LogP) is 5.69. The van der Waals surface area contributed by atoms with Crippen molar-refractivity contribution in [2.24, 2.45) is 0 Å². The molecule has 1 N–H and O–H groups in total. The SMILES string of the molecule is CC.CCOc1ccc(NC(=O)c2cc3nccc(-c4ccc(C)c(C)c4)n3n2)cc1. The highest BCUT2D eigenvalue weighted by Gasteiger charge is 2.14. The van der Waals surface area contributed by atoms with Crippen molar-refractivity contribution >= 4 is 17.2 Å². The smallest absolute Gasteiger partial charge is 0.276 e. The van der Waals surface area contributed by atoms with Gasteiger partial charge in [-0.05, 0) is 68.3 Å². The number of nitrogens with zero attached hydrogens (tertiary/aromatic N) is 3. The van der Waals surface area contributed by atoms with Crippen molar-refractivity contribution in [3.8, 4) is 17.0 Å². The highest BCUT2D eigenvalue weighted by Crippen LogP contribution is 2.23. The zero-order valence-electron chi connectivity index (χ0n) is 18.6. The summed E-state index contributed by atoms with van der Waals surface area (Å²) in [6.45, 7) is 10.7. The largest absolute Gasteiger partial charge is 0.494 e. The van der Waals surface area contributed by atoms with Gasteiger partial charge in [0.25, 0.3) is 5.91 Å². The van der Waals surface area contributed by atoms with E-state index in [1.807, 2.05) is 39.0 Å². The summed E-state index contributed by atoms with van der Waals surface area (Å²) in [5, 5.41) is 7.37. The van der Waals surface area contributed by atoms with Crippen molar-refractivity contribution in [2.75, 3.05) is 11.9 Å². The van der Waals surface area contributed by atoms with Gasteiger partial charge in [0.2, 0.25) is 0 Å². The number of ether oxygens (including phenoxy) is 1. The van der Waals surface area contributed by atoms with E-state index in [4.69, 9.17) is 4.74 Å². The Morgan fingerprint density at radius 3 is 2.42 bits per heavy atom. The second-order valence-corrected chi connectivity index (χ2v) is 6.84. The Kier molecular flexibility index (Phi) is 7.03. The van der Waals surface area contributed by atoms with Crippen molar-refractivity contribution in [3.05, 3.63) is 77.6 Å². The van der Waals surface area contributed by atoms with Crippen LogP contribution in [0.2, 0.25) is 0 Å². The number of amides is 1. The summed E-state index contributed by atoms with van der Waals surface area (Å²) < 4.78 is 7.13. The quantitative estimate of drug-likeness (QED) is 0.454. The first-order valence-electron chi connectivity index (χ1n) is 10.5. The van der Waals surface area contributed by atoms with Gasteiger partial charge < -0.3 is 10.1 Å². The van der Waals surface area contributed by atoms with E-state index in [-0.39, 0.29) is 5.91 Å². The predicted molar refractivity (Wildman–Crippen MR) is 125 cm³/mol. The molecule has 0 saturated heterocycles. The molecule has 0 aliphatic heterocycles. The molecular formula is C25H28N4O2. The number of fused-ring (bicyclic) bond motifs is 1. The van der Waals surface area contributed by atoms with E-state index in [9.17, 15) is 4.79 Å². The van der Waals surface area contributed by atoms with Gasteiger partial charge in [0.1, 0.15) is 5.75 Å². The van der Waals surface area contributed by atoms with Crippen LogP contribution in [0.25, 0.3) is 16.9 Å². The highest BCUT2D eigenvalue weighted by molar-refractivity contribution is 6.03. The van der Waals surface area contributed by atoms with Crippen LogP contribution in [0.4, 0.5) is 5.69 Å². The maximum atomic E-state index is 12.7. The van der Waals surface area contributed by atoms with E-state index in [2.05, 4.69) is 47.4 Å². The van der Waals surface area contributed by atoms with Crippen molar-refractivity contribution in [2.45, 2.75) is 34.6 Å². The van der Waals surface area contributed by atoms with E-state index >= 15 is 0 Å². The maximum Gasteiger partial charge on any atom is 0.276 e.